The summed E-state index contributed by atoms with van der Waals surface area (Å²) in [6.07, 6.45) is 1.64. The number of amides is 1. The average molecular weight is 289 g/mol. The molecule has 0 aliphatic heterocycles. The van der Waals surface area contributed by atoms with E-state index in [0.717, 1.165) is 5.03 Å². The number of nitrogens with one attached hydrogen (secondary N) is 1. The zero-order valence-corrected chi connectivity index (χ0v) is 11.2. The van der Waals surface area contributed by atoms with Gasteiger partial charge in [-0.2, -0.15) is 0 Å². The Labute approximate surface area is 119 Å². The monoisotopic (exact) mass is 289 g/mol. The molecule has 7 heteroatoms. The first-order valence-electron chi connectivity index (χ1n) is 5.74. The highest BCUT2D eigenvalue weighted by atomic mass is 32.2. The van der Waals surface area contributed by atoms with E-state index < -0.39 is 4.92 Å². The van der Waals surface area contributed by atoms with Gasteiger partial charge in [-0.15, -0.1) is 0 Å². The van der Waals surface area contributed by atoms with Gasteiger partial charge in [0.25, 0.3) is 5.69 Å². The molecule has 0 atom stereocenters. The minimum atomic E-state index is -0.526. The summed E-state index contributed by atoms with van der Waals surface area (Å²) in [5.41, 5.74) is 0.0767. The van der Waals surface area contributed by atoms with Gasteiger partial charge in [-0.05, 0) is 18.2 Å². The Balaban J connectivity index is 1.97. The van der Waals surface area contributed by atoms with Crippen LogP contribution in [0.2, 0.25) is 0 Å². The quantitative estimate of drug-likeness (QED) is 0.519. The number of carbonyl (C=O) groups excluding carboxylic acids is 1. The van der Waals surface area contributed by atoms with E-state index in [0.29, 0.717) is 0 Å². The molecule has 0 fully saturated rings. The molecule has 2 rings (SSSR count). The largest absolute Gasteiger partial charge is 0.320 e. The Hall–Kier alpha value is -2.41. The predicted octanol–water partition coefficient (Wildman–Crippen LogP) is 2.72. The van der Waals surface area contributed by atoms with Crippen molar-refractivity contribution in [2.75, 3.05) is 11.1 Å². The molecule has 0 unspecified atom stereocenters. The molecule has 1 amide bonds. The van der Waals surface area contributed by atoms with E-state index >= 15 is 0 Å². The van der Waals surface area contributed by atoms with E-state index in [1.807, 2.05) is 6.07 Å². The average Bonchev–Trinajstić information content (AvgIpc) is 2.46. The fraction of sp³-hybridized carbons (Fsp3) is 0.0769. The molecule has 0 saturated heterocycles. The van der Waals surface area contributed by atoms with Crippen LogP contribution in [0, 0.1) is 10.1 Å². The zero-order chi connectivity index (χ0) is 14.4. The van der Waals surface area contributed by atoms with Gasteiger partial charge in [0.05, 0.1) is 15.7 Å². The zero-order valence-electron chi connectivity index (χ0n) is 10.4. The minimum absolute atomic E-state index is 0.122. The lowest BCUT2D eigenvalue weighted by Crippen LogP contribution is -2.15. The van der Waals surface area contributed by atoms with E-state index in [1.54, 1.807) is 30.5 Å². The first-order chi connectivity index (χ1) is 9.66. The van der Waals surface area contributed by atoms with Crippen molar-refractivity contribution in [2.45, 2.75) is 5.03 Å². The third-order valence-corrected chi connectivity index (χ3v) is 3.31. The van der Waals surface area contributed by atoms with Crippen LogP contribution in [0.1, 0.15) is 0 Å². The normalized spacial score (nSPS) is 10.0. The van der Waals surface area contributed by atoms with Gasteiger partial charge in [0.15, 0.2) is 0 Å². The lowest BCUT2D eigenvalue weighted by atomic mass is 10.2. The smallest absolute Gasteiger partial charge is 0.292 e. The molecule has 0 radical (unpaired) electrons. The molecule has 6 nitrogen and oxygen atoms in total. The maximum atomic E-state index is 11.8. The van der Waals surface area contributed by atoms with Crippen molar-refractivity contribution in [3.63, 3.8) is 0 Å². The molecule has 20 heavy (non-hydrogen) atoms. The molecule has 0 bridgehead atoms. The summed E-state index contributed by atoms with van der Waals surface area (Å²) in [6.45, 7) is 0. The van der Waals surface area contributed by atoms with Gasteiger partial charge in [0, 0.05) is 12.3 Å². The van der Waals surface area contributed by atoms with Gasteiger partial charge in [-0.3, -0.25) is 14.9 Å². The number of pyridine rings is 1. The van der Waals surface area contributed by atoms with Crippen LogP contribution in [0.25, 0.3) is 0 Å². The molecule has 1 heterocycles. The molecular weight excluding hydrogens is 278 g/mol. The highest BCUT2D eigenvalue weighted by Gasteiger charge is 2.14. The number of para-hydroxylation sites is 2. The van der Waals surface area contributed by atoms with Gasteiger partial charge >= 0.3 is 0 Å². The number of thioether (sulfide) groups is 1. The van der Waals surface area contributed by atoms with Crippen LogP contribution >= 0.6 is 11.8 Å². The SMILES string of the molecule is O=C(CSc1ccccn1)Nc1ccccc1[N+](=O)[O-]. The molecule has 102 valence electrons. The van der Waals surface area contributed by atoms with Gasteiger partial charge in [-0.1, -0.05) is 30.0 Å². The summed E-state index contributed by atoms with van der Waals surface area (Å²) in [5.74, 6) is -0.168. The van der Waals surface area contributed by atoms with E-state index in [1.165, 1.54) is 23.9 Å². The van der Waals surface area contributed by atoms with Gasteiger partial charge in [0.2, 0.25) is 5.91 Å². The second-order valence-corrected chi connectivity index (χ2v) is 4.77. The van der Waals surface area contributed by atoms with Crippen LogP contribution in [0.3, 0.4) is 0 Å². The molecule has 1 aromatic carbocycles. The number of carbonyl (C=O) groups is 1. The van der Waals surface area contributed by atoms with Gasteiger partial charge in [-0.25, -0.2) is 4.98 Å². The van der Waals surface area contributed by atoms with Crippen LogP contribution in [0.15, 0.2) is 53.7 Å². The lowest BCUT2D eigenvalue weighted by Gasteiger charge is -2.05. The summed E-state index contributed by atoms with van der Waals surface area (Å²) in [5, 5.41) is 14.1. The second kappa shape index (κ2) is 6.67. The van der Waals surface area contributed by atoms with Crippen molar-refractivity contribution in [3.05, 3.63) is 58.8 Å². The number of rotatable bonds is 5. The molecule has 0 aliphatic rings. The maximum Gasteiger partial charge on any atom is 0.292 e. The van der Waals surface area contributed by atoms with Crippen molar-refractivity contribution in [1.29, 1.82) is 0 Å². The number of aromatic nitrogens is 1. The molecular formula is C13H11N3O3S. The molecule has 0 spiro atoms. The first-order valence-corrected chi connectivity index (χ1v) is 6.72. The summed E-state index contributed by atoms with van der Waals surface area (Å²) < 4.78 is 0. The standard InChI is InChI=1S/C13H11N3O3S/c17-12(9-20-13-7-3-4-8-14-13)15-10-5-1-2-6-11(10)16(18)19/h1-8H,9H2,(H,15,17). The Kier molecular flexibility index (Phi) is 4.67. The number of anilines is 1. The number of nitrogens with zero attached hydrogens (tertiary/aromatic N) is 2. The topological polar surface area (TPSA) is 85.1 Å². The van der Waals surface area contributed by atoms with Crippen molar-refractivity contribution in [1.82, 2.24) is 4.98 Å². The Morgan fingerprint density at radius 1 is 1.25 bits per heavy atom. The van der Waals surface area contributed by atoms with Gasteiger partial charge < -0.3 is 5.32 Å². The van der Waals surface area contributed by atoms with Crippen molar-refractivity contribution < 1.29 is 9.72 Å². The Morgan fingerprint density at radius 2 is 2.00 bits per heavy atom. The molecule has 1 N–H and O–H groups in total. The lowest BCUT2D eigenvalue weighted by molar-refractivity contribution is -0.383. The van der Waals surface area contributed by atoms with Crippen LogP contribution in [-0.2, 0) is 4.79 Å². The van der Waals surface area contributed by atoms with E-state index in [4.69, 9.17) is 0 Å². The summed E-state index contributed by atoms with van der Waals surface area (Å²) in [7, 11) is 0. The minimum Gasteiger partial charge on any atom is -0.320 e. The number of benzene rings is 1. The highest BCUT2D eigenvalue weighted by Crippen LogP contribution is 2.23. The molecule has 1 aromatic heterocycles. The fourth-order valence-corrected chi connectivity index (χ4v) is 2.16. The fourth-order valence-electron chi connectivity index (χ4n) is 1.50. The van der Waals surface area contributed by atoms with E-state index in [2.05, 4.69) is 10.3 Å². The summed E-state index contributed by atoms with van der Waals surface area (Å²) in [6, 6.07) is 11.4. The summed E-state index contributed by atoms with van der Waals surface area (Å²) in [4.78, 5) is 26.2. The second-order valence-electron chi connectivity index (χ2n) is 3.78. The Bertz CT molecular complexity index is 619. The number of nitro groups is 1. The van der Waals surface area contributed by atoms with Crippen molar-refractivity contribution in [3.8, 4) is 0 Å². The summed E-state index contributed by atoms with van der Waals surface area (Å²) >= 11 is 1.27. The van der Waals surface area contributed by atoms with E-state index in [-0.39, 0.29) is 23.0 Å². The maximum absolute atomic E-state index is 11.8. The van der Waals surface area contributed by atoms with Crippen molar-refractivity contribution in [2.24, 2.45) is 0 Å². The third-order valence-electron chi connectivity index (χ3n) is 2.36. The van der Waals surface area contributed by atoms with Crippen molar-refractivity contribution >= 4 is 29.0 Å². The van der Waals surface area contributed by atoms with Crippen LogP contribution in [-0.4, -0.2) is 21.6 Å². The number of nitro benzene ring substituents is 1. The molecule has 0 saturated carbocycles. The molecule has 2 aromatic rings. The van der Waals surface area contributed by atoms with E-state index in [9.17, 15) is 14.9 Å². The molecule has 0 aliphatic carbocycles. The number of hydrogen-bond donors (Lipinski definition) is 1. The predicted molar refractivity (Wildman–Crippen MR) is 76.7 cm³/mol. The highest BCUT2D eigenvalue weighted by molar-refractivity contribution is 7.99. The third kappa shape index (κ3) is 3.79. The Morgan fingerprint density at radius 3 is 2.70 bits per heavy atom. The number of hydrogen-bond acceptors (Lipinski definition) is 5. The van der Waals surface area contributed by atoms with Crippen LogP contribution < -0.4 is 5.32 Å². The van der Waals surface area contributed by atoms with Gasteiger partial charge in [0.1, 0.15) is 5.69 Å². The van der Waals surface area contributed by atoms with Crippen LogP contribution in [0.5, 0.6) is 0 Å². The first kappa shape index (κ1) is 14.0. The van der Waals surface area contributed by atoms with Crippen LogP contribution in [0.4, 0.5) is 11.4 Å².